The minimum Gasteiger partial charge on any atom is -0.481 e. The van der Waals surface area contributed by atoms with Crippen LogP contribution < -0.4 is 0 Å². The number of carbonyl (C=O) groups is 2. The zero-order valence-electron chi connectivity index (χ0n) is 11.9. The van der Waals surface area contributed by atoms with Gasteiger partial charge in [-0.05, 0) is 30.5 Å². The van der Waals surface area contributed by atoms with E-state index in [1.165, 1.54) is 11.1 Å². The average molecular weight is 263 g/mol. The van der Waals surface area contributed by atoms with Gasteiger partial charge in [0.25, 0.3) is 0 Å². The lowest BCUT2D eigenvalue weighted by atomic mass is 10.0. The number of benzene rings is 1. The second-order valence-electron chi connectivity index (χ2n) is 5.11. The number of aryl methyl sites for hydroxylation is 2. The smallest absolute Gasteiger partial charge is 0.304 e. The Balaban J connectivity index is 2.68. The summed E-state index contributed by atoms with van der Waals surface area (Å²) >= 11 is 0. The van der Waals surface area contributed by atoms with Gasteiger partial charge in [0.2, 0.25) is 5.91 Å². The number of hydrogen-bond donors (Lipinski definition) is 1. The first kappa shape index (κ1) is 15.2. The molecule has 1 N–H and O–H groups in total. The summed E-state index contributed by atoms with van der Waals surface area (Å²) in [4.78, 5) is 24.2. The van der Waals surface area contributed by atoms with Crippen molar-refractivity contribution in [2.45, 2.75) is 33.7 Å². The van der Waals surface area contributed by atoms with Crippen molar-refractivity contribution in [3.63, 3.8) is 0 Å². The van der Waals surface area contributed by atoms with E-state index in [1.807, 2.05) is 26.0 Å². The first-order chi connectivity index (χ1) is 8.81. The van der Waals surface area contributed by atoms with Gasteiger partial charge in [0.1, 0.15) is 0 Å². The Morgan fingerprint density at radius 3 is 2.42 bits per heavy atom. The summed E-state index contributed by atoms with van der Waals surface area (Å²) in [6.45, 7) is 6.23. The minimum absolute atomic E-state index is 0.129. The molecule has 0 aromatic heterocycles. The lowest BCUT2D eigenvalue weighted by Gasteiger charge is -2.21. The zero-order chi connectivity index (χ0) is 14.6. The predicted octanol–water partition coefficient (Wildman–Crippen LogP) is 2.37. The van der Waals surface area contributed by atoms with Gasteiger partial charge in [-0.15, -0.1) is 0 Å². The molecule has 19 heavy (non-hydrogen) atoms. The molecule has 1 atom stereocenters. The standard InChI is InChI=1S/C15H21NO3/c1-10-5-6-13(7-11(10)2)9-16(4)15(19)12(3)8-14(17)18/h5-7,12H,8-9H2,1-4H3,(H,17,18). The number of rotatable bonds is 5. The number of nitrogens with zero attached hydrogens (tertiary/aromatic N) is 1. The Hall–Kier alpha value is -1.84. The highest BCUT2D eigenvalue weighted by molar-refractivity contribution is 5.82. The molecule has 1 aromatic rings. The number of aliphatic carboxylic acids is 1. The molecule has 0 radical (unpaired) electrons. The van der Waals surface area contributed by atoms with Crippen LogP contribution in [-0.2, 0) is 16.1 Å². The monoisotopic (exact) mass is 263 g/mol. The predicted molar refractivity (Wildman–Crippen MR) is 73.8 cm³/mol. The quantitative estimate of drug-likeness (QED) is 0.887. The van der Waals surface area contributed by atoms with Crippen LogP contribution in [0.4, 0.5) is 0 Å². The lowest BCUT2D eigenvalue weighted by molar-refractivity contribution is -0.143. The molecular formula is C15H21NO3. The molecule has 4 nitrogen and oxygen atoms in total. The van der Waals surface area contributed by atoms with Gasteiger partial charge in [-0.25, -0.2) is 0 Å². The van der Waals surface area contributed by atoms with Crippen molar-refractivity contribution in [2.24, 2.45) is 5.92 Å². The maximum atomic E-state index is 12.0. The van der Waals surface area contributed by atoms with E-state index in [9.17, 15) is 9.59 Å². The van der Waals surface area contributed by atoms with E-state index in [2.05, 4.69) is 6.07 Å². The second-order valence-corrected chi connectivity index (χ2v) is 5.11. The Morgan fingerprint density at radius 1 is 1.26 bits per heavy atom. The fraction of sp³-hybridized carbons (Fsp3) is 0.467. The third-order valence-corrected chi connectivity index (χ3v) is 3.27. The average Bonchev–Trinajstić information content (AvgIpc) is 2.32. The van der Waals surface area contributed by atoms with E-state index >= 15 is 0 Å². The molecule has 0 bridgehead atoms. The van der Waals surface area contributed by atoms with Gasteiger partial charge in [0.15, 0.2) is 0 Å². The van der Waals surface area contributed by atoms with Gasteiger partial charge in [0, 0.05) is 19.5 Å². The molecule has 1 amide bonds. The number of carboxylic acid groups (broad SMARTS) is 1. The van der Waals surface area contributed by atoms with Crippen molar-refractivity contribution in [1.82, 2.24) is 4.90 Å². The third kappa shape index (κ3) is 4.39. The van der Waals surface area contributed by atoms with Crippen molar-refractivity contribution in [3.05, 3.63) is 34.9 Å². The summed E-state index contributed by atoms with van der Waals surface area (Å²) in [6.07, 6.45) is -0.129. The van der Waals surface area contributed by atoms with Crippen LogP contribution in [-0.4, -0.2) is 28.9 Å². The van der Waals surface area contributed by atoms with Gasteiger partial charge < -0.3 is 10.0 Å². The summed E-state index contributed by atoms with van der Waals surface area (Å²) in [6, 6.07) is 6.08. The van der Waals surface area contributed by atoms with Gasteiger partial charge in [-0.1, -0.05) is 25.1 Å². The number of hydrogen-bond acceptors (Lipinski definition) is 2. The highest BCUT2D eigenvalue weighted by Crippen LogP contribution is 2.13. The molecule has 0 saturated carbocycles. The first-order valence-corrected chi connectivity index (χ1v) is 6.34. The maximum absolute atomic E-state index is 12.0. The molecule has 104 valence electrons. The van der Waals surface area contributed by atoms with Crippen LogP contribution in [0.1, 0.15) is 30.0 Å². The number of carbonyl (C=O) groups excluding carboxylic acids is 1. The SMILES string of the molecule is Cc1ccc(CN(C)C(=O)C(C)CC(=O)O)cc1C. The van der Waals surface area contributed by atoms with E-state index in [-0.39, 0.29) is 12.3 Å². The molecule has 0 fully saturated rings. The fourth-order valence-corrected chi connectivity index (χ4v) is 1.98. The Morgan fingerprint density at radius 2 is 1.89 bits per heavy atom. The number of amides is 1. The summed E-state index contributed by atoms with van der Waals surface area (Å²) in [7, 11) is 1.70. The van der Waals surface area contributed by atoms with Gasteiger partial charge in [-0.3, -0.25) is 9.59 Å². The third-order valence-electron chi connectivity index (χ3n) is 3.27. The molecule has 0 aliphatic carbocycles. The van der Waals surface area contributed by atoms with Gasteiger partial charge in [-0.2, -0.15) is 0 Å². The van der Waals surface area contributed by atoms with Gasteiger partial charge >= 0.3 is 5.97 Å². The largest absolute Gasteiger partial charge is 0.481 e. The Bertz CT molecular complexity index is 482. The van der Waals surface area contributed by atoms with E-state index in [0.29, 0.717) is 6.54 Å². The lowest BCUT2D eigenvalue weighted by Crippen LogP contribution is -2.32. The second kappa shape index (κ2) is 6.36. The highest BCUT2D eigenvalue weighted by atomic mass is 16.4. The molecule has 0 heterocycles. The summed E-state index contributed by atoms with van der Waals surface area (Å²) in [5.74, 6) is -1.57. The highest BCUT2D eigenvalue weighted by Gasteiger charge is 2.20. The van der Waals surface area contributed by atoms with Crippen LogP contribution in [0.2, 0.25) is 0 Å². The van der Waals surface area contributed by atoms with Crippen LogP contribution in [0, 0.1) is 19.8 Å². The summed E-state index contributed by atoms with van der Waals surface area (Å²) in [5, 5.41) is 8.70. The van der Waals surface area contributed by atoms with Crippen LogP contribution in [0.25, 0.3) is 0 Å². The Kier molecular flexibility index (Phi) is 5.10. The van der Waals surface area contributed by atoms with Gasteiger partial charge in [0.05, 0.1) is 6.42 Å². The van der Waals surface area contributed by atoms with E-state index < -0.39 is 11.9 Å². The number of carboxylic acids is 1. The van der Waals surface area contributed by atoms with E-state index in [4.69, 9.17) is 5.11 Å². The molecule has 0 spiro atoms. The maximum Gasteiger partial charge on any atom is 0.304 e. The fourth-order valence-electron chi connectivity index (χ4n) is 1.98. The van der Waals surface area contributed by atoms with Crippen molar-refractivity contribution < 1.29 is 14.7 Å². The molecule has 0 saturated heterocycles. The Labute approximate surface area is 114 Å². The normalized spacial score (nSPS) is 12.0. The molecule has 0 aliphatic rings. The van der Waals surface area contributed by atoms with Crippen LogP contribution >= 0.6 is 0 Å². The van der Waals surface area contributed by atoms with Crippen molar-refractivity contribution in [3.8, 4) is 0 Å². The van der Waals surface area contributed by atoms with Crippen molar-refractivity contribution >= 4 is 11.9 Å². The zero-order valence-corrected chi connectivity index (χ0v) is 11.9. The van der Waals surface area contributed by atoms with Crippen LogP contribution in [0.5, 0.6) is 0 Å². The van der Waals surface area contributed by atoms with Crippen molar-refractivity contribution in [1.29, 1.82) is 0 Å². The van der Waals surface area contributed by atoms with Crippen LogP contribution in [0.15, 0.2) is 18.2 Å². The topological polar surface area (TPSA) is 57.6 Å². The molecule has 1 aromatic carbocycles. The van der Waals surface area contributed by atoms with Crippen molar-refractivity contribution in [2.75, 3.05) is 7.05 Å². The summed E-state index contributed by atoms with van der Waals surface area (Å²) in [5.41, 5.74) is 3.47. The molecule has 0 aliphatic heterocycles. The minimum atomic E-state index is -0.944. The molecular weight excluding hydrogens is 242 g/mol. The van der Waals surface area contributed by atoms with Crippen LogP contribution in [0.3, 0.4) is 0 Å². The molecule has 1 rings (SSSR count). The molecule has 4 heteroatoms. The van der Waals surface area contributed by atoms with E-state index in [0.717, 1.165) is 5.56 Å². The molecule has 1 unspecified atom stereocenters. The first-order valence-electron chi connectivity index (χ1n) is 6.34. The summed E-state index contributed by atoms with van der Waals surface area (Å²) < 4.78 is 0. The van der Waals surface area contributed by atoms with E-state index in [1.54, 1.807) is 18.9 Å².